The van der Waals surface area contributed by atoms with Gasteiger partial charge in [0.05, 0.1) is 11.1 Å². The molecule has 0 heterocycles. The Balaban J connectivity index is 2.02. The molecule has 0 fully saturated rings. The van der Waals surface area contributed by atoms with E-state index in [4.69, 9.17) is 9.47 Å². The van der Waals surface area contributed by atoms with Gasteiger partial charge in [-0.15, -0.1) is 0 Å². The molecule has 0 amide bonds. The highest BCUT2D eigenvalue weighted by Gasteiger charge is 2.27. The smallest absolute Gasteiger partial charge is 0.355 e. The standard InChI is InChI=1S/C19H18O5/c1-2-9-16(23-17(20)14-10-5-3-6-11-14)19(22)24-18(21)15-12-7-4-8-13-15/h3-8,10-13,16H,2,9H2,1H3. The van der Waals surface area contributed by atoms with Crippen LogP contribution in [-0.2, 0) is 14.3 Å². The number of rotatable bonds is 6. The second kappa shape index (κ2) is 8.62. The SMILES string of the molecule is CCCC(OC(=O)c1ccccc1)C(=O)OC(=O)c1ccccc1. The summed E-state index contributed by atoms with van der Waals surface area (Å²) in [4.78, 5) is 36.2. The van der Waals surface area contributed by atoms with E-state index in [2.05, 4.69) is 0 Å². The van der Waals surface area contributed by atoms with Gasteiger partial charge in [0, 0.05) is 0 Å². The molecule has 2 rings (SSSR count). The number of esters is 3. The van der Waals surface area contributed by atoms with E-state index >= 15 is 0 Å². The molecule has 0 radical (unpaired) electrons. The van der Waals surface area contributed by atoms with Gasteiger partial charge in [-0.3, -0.25) is 0 Å². The van der Waals surface area contributed by atoms with Gasteiger partial charge in [0.2, 0.25) is 0 Å². The predicted molar refractivity (Wildman–Crippen MR) is 87.4 cm³/mol. The fourth-order valence-corrected chi connectivity index (χ4v) is 2.05. The first-order valence-electron chi connectivity index (χ1n) is 7.69. The highest BCUT2D eigenvalue weighted by Crippen LogP contribution is 2.11. The molecule has 1 atom stereocenters. The second-order valence-electron chi connectivity index (χ2n) is 5.12. The average molecular weight is 326 g/mol. The zero-order chi connectivity index (χ0) is 17.4. The Morgan fingerprint density at radius 2 is 1.33 bits per heavy atom. The largest absolute Gasteiger partial charge is 0.447 e. The summed E-state index contributed by atoms with van der Waals surface area (Å²) >= 11 is 0. The molecule has 0 spiro atoms. The third-order valence-corrected chi connectivity index (χ3v) is 3.28. The van der Waals surface area contributed by atoms with E-state index in [0.29, 0.717) is 12.0 Å². The Hall–Kier alpha value is -2.95. The Labute approximate surface area is 140 Å². The average Bonchev–Trinajstić information content (AvgIpc) is 2.62. The molecule has 0 saturated carbocycles. The van der Waals surface area contributed by atoms with Gasteiger partial charge in [-0.2, -0.15) is 0 Å². The maximum atomic E-state index is 12.2. The van der Waals surface area contributed by atoms with E-state index in [-0.39, 0.29) is 12.0 Å². The minimum Gasteiger partial charge on any atom is -0.447 e. The minimum atomic E-state index is -1.12. The Kier molecular flexibility index (Phi) is 6.25. The van der Waals surface area contributed by atoms with Crippen LogP contribution in [0.1, 0.15) is 40.5 Å². The Morgan fingerprint density at radius 3 is 1.83 bits per heavy atom. The first-order valence-corrected chi connectivity index (χ1v) is 7.69. The first kappa shape index (κ1) is 17.4. The number of benzene rings is 2. The molecule has 0 aromatic heterocycles. The molecule has 0 saturated heterocycles. The van der Waals surface area contributed by atoms with Crippen molar-refractivity contribution in [1.29, 1.82) is 0 Å². The van der Waals surface area contributed by atoms with Crippen molar-refractivity contribution < 1.29 is 23.9 Å². The highest BCUT2D eigenvalue weighted by atomic mass is 16.6. The lowest BCUT2D eigenvalue weighted by Crippen LogP contribution is -2.31. The maximum Gasteiger partial charge on any atom is 0.355 e. The molecule has 1 unspecified atom stereocenters. The summed E-state index contributed by atoms with van der Waals surface area (Å²) in [5.74, 6) is -2.26. The van der Waals surface area contributed by atoms with Crippen LogP contribution in [0.25, 0.3) is 0 Å². The third kappa shape index (κ3) is 4.78. The van der Waals surface area contributed by atoms with Crippen molar-refractivity contribution in [2.24, 2.45) is 0 Å². The van der Waals surface area contributed by atoms with Crippen molar-refractivity contribution in [2.45, 2.75) is 25.9 Å². The van der Waals surface area contributed by atoms with Crippen LogP contribution in [0.3, 0.4) is 0 Å². The molecule has 0 aliphatic heterocycles. The summed E-state index contributed by atoms with van der Waals surface area (Å²) in [7, 11) is 0. The number of hydrogen-bond acceptors (Lipinski definition) is 5. The van der Waals surface area contributed by atoms with Gasteiger partial charge in [0.25, 0.3) is 0 Å². The minimum absolute atomic E-state index is 0.260. The van der Waals surface area contributed by atoms with Gasteiger partial charge in [-0.05, 0) is 30.7 Å². The molecule has 0 N–H and O–H groups in total. The Bertz CT molecular complexity index is 694. The Morgan fingerprint density at radius 1 is 0.833 bits per heavy atom. The van der Waals surface area contributed by atoms with E-state index in [1.807, 2.05) is 6.92 Å². The zero-order valence-corrected chi connectivity index (χ0v) is 13.3. The molecule has 124 valence electrons. The van der Waals surface area contributed by atoms with E-state index in [1.165, 1.54) is 0 Å². The third-order valence-electron chi connectivity index (χ3n) is 3.28. The van der Waals surface area contributed by atoms with Crippen molar-refractivity contribution in [2.75, 3.05) is 0 Å². The fraction of sp³-hybridized carbons (Fsp3) is 0.211. The van der Waals surface area contributed by atoms with Gasteiger partial charge in [0.15, 0.2) is 6.10 Å². The molecule has 24 heavy (non-hydrogen) atoms. The maximum absolute atomic E-state index is 12.2. The highest BCUT2D eigenvalue weighted by molar-refractivity contribution is 5.99. The van der Waals surface area contributed by atoms with Crippen LogP contribution in [-0.4, -0.2) is 24.0 Å². The van der Waals surface area contributed by atoms with Crippen LogP contribution in [0, 0.1) is 0 Å². The zero-order valence-electron chi connectivity index (χ0n) is 13.3. The number of carbonyl (C=O) groups is 3. The monoisotopic (exact) mass is 326 g/mol. The topological polar surface area (TPSA) is 69.7 Å². The summed E-state index contributed by atoms with van der Waals surface area (Å²) in [6, 6.07) is 16.5. The normalized spacial score (nSPS) is 11.4. The van der Waals surface area contributed by atoms with Crippen LogP contribution in [0.5, 0.6) is 0 Å². The van der Waals surface area contributed by atoms with Crippen molar-refractivity contribution in [3.05, 3.63) is 71.8 Å². The molecule has 2 aromatic carbocycles. The van der Waals surface area contributed by atoms with Gasteiger partial charge in [-0.1, -0.05) is 49.7 Å². The molecule has 0 aliphatic carbocycles. The predicted octanol–water partition coefficient (Wildman–Crippen LogP) is 3.40. The molecule has 5 heteroatoms. The van der Waals surface area contributed by atoms with E-state index in [0.717, 1.165) is 0 Å². The van der Waals surface area contributed by atoms with Crippen molar-refractivity contribution >= 4 is 17.9 Å². The van der Waals surface area contributed by atoms with Gasteiger partial charge in [-0.25, -0.2) is 14.4 Å². The summed E-state index contributed by atoms with van der Waals surface area (Å²) in [6.45, 7) is 1.84. The lowest BCUT2D eigenvalue weighted by Gasteiger charge is -2.15. The van der Waals surface area contributed by atoms with Crippen LogP contribution in [0.2, 0.25) is 0 Å². The molecule has 2 aromatic rings. The van der Waals surface area contributed by atoms with E-state index < -0.39 is 24.0 Å². The van der Waals surface area contributed by atoms with Crippen molar-refractivity contribution in [3.63, 3.8) is 0 Å². The van der Waals surface area contributed by atoms with Crippen LogP contribution in [0.15, 0.2) is 60.7 Å². The lowest BCUT2D eigenvalue weighted by atomic mass is 10.2. The van der Waals surface area contributed by atoms with Crippen LogP contribution < -0.4 is 0 Å². The molecule has 0 aliphatic rings. The lowest BCUT2D eigenvalue weighted by molar-refractivity contribution is -0.148. The molecule has 0 bridgehead atoms. The van der Waals surface area contributed by atoms with Crippen molar-refractivity contribution in [1.82, 2.24) is 0 Å². The van der Waals surface area contributed by atoms with E-state index in [9.17, 15) is 14.4 Å². The fourth-order valence-electron chi connectivity index (χ4n) is 2.05. The van der Waals surface area contributed by atoms with Gasteiger partial charge < -0.3 is 9.47 Å². The van der Waals surface area contributed by atoms with Crippen molar-refractivity contribution in [3.8, 4) is 0 Å². The van der Waals surface area contributed by atoms with Gasteiger partial charge in [0.1, 0.15) is 0 Å². The first-order chi connectivity index (χ1) is 11.6. The molecule has 5 nitrogen and oxygen atoms in total. The number of carbonyl (C=O) groups excluding carboxylic acids is 3. The summed E-state index contributed by atoms with van der Waals surface area (Å²) in [5.41, 5.74) is 0.594. The molecular weight excluding hydrogens is 308 g/mol. The van der Waals surface area contributed by atoms with E-state index in [1.54, 1.807) is 60.7 Å². The summed E-state index contributed by atoms with van der Waals surface area (Å²) in [5, 5.41) is 0. The van der Waals surface area contributed by atoms with Gasteiger partial charge >= 0.3 is 17.9 Å². The second-order valence-corrected chi connectivity index (χ2v) is 5.12. The molecular formula is C19H18O5. The van der Waals surface area contributed by atoms with Crippen LogP contribution >= 0.6 is 0 Å². The van der Waals surface area contributed by atoms with Crippen LogP contribution in [0.4, 0.5) is 0 Å². The number of ether oxygens (including phenoxy) is 2. The summed E-state index contributed by atoms with van der Waals surface area (Å²) < 4.78 is 10.0. The quantitative estimate of drug-likeness (QED) is 0.601. The summed E-state index contributed by atoms with van der Waals surface area (Å²) in [6.07, 6.45) is -0.240. The number of hydrogen-bond donors (Lipinski definition) is 0.